The molecule has 0 heterocycles. The van der Waals surface area contributed by atoms with Crippen LogP contribution in [0, 0.1) is 6.92 Å². The Kier molecular flexibility index (Phi) is 3.97. The summed E-state index contributed by atoms with van der Waals surface area (Å²) in [6.45, 7) is 2.80. The second kappa shape index (κ2) is 5.24. The van der Waals surface area contributed by atoms with E-state index >= 15 is 0 Å². The molecule has 0 unspecified atom stereocenters. The number of rotatable bonds is 4. The molecule has 3 N–H and O–H groups in total. The minimum Gasteiger partial charge on any atom is -0.409 e. The molecular weight excluding hydrogens is 190 g/mol. The zero-order chi connectivity index (χ0) is 11.3. The van der Waals surface area contributed by atoms with Crippen LogP contribution in [0.1, 0.15) is 12.0 Å². The van der Waals surface area contributed by atoms with Crippen LogP contribution in [0.2, 0.25) is 0 Å². The molecule has 4 heteroatoms. The molecule has 0 atom stereocenters. The van der Waals surface area contributed by atoms with E-state index in [9.17, 15) is 0 Å². The van der Waals surface area contributed by atoms with Crippen molar-refractivity contribution in [2.24, 2.45) is 10.9 Å². The molecule has 0 aliphatic rings. The van der Waals surface area contributed by atoms with Gasteiger partial charge in [0.05, 0.1) is 0 Å². The van der Waals surface area contributed by atoms with Crippen molar-refractivity contribution in [1.82, 2.24) is 0 Å². The van der Waals surface area contributed by atoms with Crippen LogP contribution in [-0.2, 0) is 0 Å². The first-order valence-electron chi connectivity index (χ1n) is 4.88. The molecular formula is C11H17N3O. The number of amidine groups is 1. The van der Waals surface area contributed by atoms with Crippen molar-refractivity contribution in [2.45, 2.75) is 13.3 Å². The second-order valence-electron chi connectivity index (χ2n) is 3.55. The minimum atomic E-state index is 0.260. The van der Waals surface area contributed by atoms with E-state index in [0.29, 0.717) is 6.42 Å². The molecule has 0 saturated heterocycles. The maximum Gasteiger partial charge on any atom is 0.140 e. The molecule has 0 amide bonds. The summed E-state index contributed by atoms with van der Waals surface area (Å²) < 4.78 is 0. The Morgan fingerprint density at radius 1 is 1.47 bits per heavy atom. The number of aryl methyl sites for hydroxylation is 1. The molecule has 1 aromatic carbocycles. The Morgan fingerprint density at radius 3 is 2.73 bits per heavy atom. The third-order valence-corrected chi connectivity index (χ3v) is 2.36. The summed E-state index contributed by atoms with van der Waals surface area (Å²) in [7, 11) is 1.99. The quantitative estimate of drug-likeness (QED) is 0.341. The highest BCUT2D eigenvalue weighted by Gasteiger charge is 2.04. The molecule has 0 aliphatic carbocycles. The van der Waals surface area contributed by atoms with Crippen LogP contribution in [0.3, 0.4) is 0 Å². The first kappa shape index (κ1) is 11.4. The van der Waals surface area contributed by atoms with Crippen LogP contribution in [0.5, 0.6) is 0 Å². The van der Waals surface area contributed by atoms with Crippen molar-refractivity contribution < 1.29 is 5.21 Å². The van der Waals surface area contributed by atoms with E-state index in [1.54, 1.807) is 0 Å². The average Bonchev–Trinajstić information content (AvgIpc) is 2.26. The van der Waals surface area contributed by atoms with E-state index in [-0.39, 0.29) is 5.84 Å². The fourth-order valence-electron chi connectivity index (χ4n) is 1.44. The van der Waals surface area contributed by atoms with Gasteiger partial charge in [-0.3, -0.25) is 0 Å². The number of nitrogens with two attached hydrogens (primary N) is 1. The zero-order valence-corrected chi connectivity index (χ0v) is 9.14. The number of hydrogen-bond acceptors (Lipinski definition) is 3. The molecule has 0 aromatic heterocycles. The van der Waals surface area contributed by atoms with Gasteiger partial charge in [0.15, 0.2) is 0 Å². The largest absolute Gasteiger partial charge is 0.409 e. The summed E-state index contributed by atoms with van der Waals surface area (Å²) in [4.78, 5) is 2.09. The topological polar surface area (TPSA) is 61.8 Å². The van der Waals surface area contributed by atoms with Crippen molar-refractivity contribution in [3.63, 3.8) is 0 Å². The van der Waals surface area contributed by atoms with Crippen LogP contribution in [0.15, 0.2) is 29.4 Å². The van der Waals surface area contributed by atoms with E-state index in [4.69, 9.17) is 10.9 Å². The number of hydrogen-bond donors (Lipinski definition) is 2. The standard InChI is InChI=1S/C11H17N3O/c1-9-5-3-4-6-10(9)14(2)8-7-11(12)13-15/h3-6,15H,7-8H2,1-2H3,(H2,12,13). The van der Waals surface area contributed by atoms with Gasteiger partial charge in [-0.25, -0.2) is 0 Å². The number of anilines is 1. The van der Waals surface area contributed by atoms with Crippen LogP contribution in [0.4, 0.5) is 5.69 Å². The molecule has 1 rings (SSSR count). The van der Waals surface area contributed by atoms with Crippen molar-refractivity contribution in [3.05, 3.63) is 29.8 Å². The smallest absolute Gasteiger partial charge is 0.140 e. The molecule has 1 aromatic rings. The summed E-state index contributed by atoms with van der Waals surface area (Å²) in [6, 6.07) is 8.13. The average molecular weight is 207 g/mol. The number of para-hydroxylation sites is 1. The van der Waals surface area contributed by atoms with Gasteiger partial charge in [-0.1, -0.05) is 23.4 Å². The van der Waals surface area contributed by atoms with Crippen LogP contribution in [0.25, 0.3) is 0 Å². The maximum absolute atomic E-state index is 8.42. The Morgan fingerprint density at radius 2 is 2.13 bits per heavy atom. The molecule has 0 radical (unpaired) electrons. The van der Waals surface area contributed by atoms with E-state index in [2.05, 4.69) is 29.1 Å². The van der Waals surface area contributed by atoms with Crippen LogP contribution >= 0.6 is 0 Å². The number of benzene rings is 1. The summed E-state index contributed by atoms with van der Waals surface area (Å²) in [5.74, 6) is 0.260. The van der Waals surface area contributed by atoms with Gasteiger partial charge in [0.1, 0.15) is 5.84 Å². The highest BCUT2D eigenvalue weighted by atomic mass is 16.4. The van der Waals surface area contributed by atoms with Gasteiger partial charge in [0.2, 0.25) is 0 Å². The Hall–Kier alpha value is -1.71. The highest BCUT2D eigenvalue weighted by Crippen LogP contribution is 2.17. The lowest BCUT2D eigenvalue weighted by Crippen LogP contribution is -2.24. The third kappa shape index (κ3) is 3.16. The molecule has 0 fully saturated rings. The van der Waals surface area contributed by atoms with Gasteiger partial charge in [-0.05, 0) is 18.6 Å². The SMILES string of the molecule is Cc1ccccc1N(C)CCC(N)=NO. The summed E-state index contributed by atoms with van der Waals surface area (Å²) in [5.41, 5.74) is 7.80. The summed E-state index contributed by atoms with van der Waals surface area (Å²) >= 11 is 0. The van der Waals surface area contributed by atoms with E-state index in [1.807, 2.05) is 19.2 Å². The van der Waals surface area contributed by atoms with Crippen molar-refractivity contribution >= 4 is 11.5 Å². The molecule has 82 valence electrons. The van der Waals surface area contributed by atoms with Gasteiger partial charge in [-0.2, -0.15) is 0 Å². The van der Waals surface area contributed by atoms with Crippen LogP contribution < -0.4 is 10.6 Å². The van der Waals surface area contributed by atoms with Gasteiger partial charge in [0.25, 0.3) is 0 Å². The summed E-state index contributed by atoms with van der Waals surface area (Å²) in [5, 5.41) is 11.4. The first-order valence-corrected chi connectivity index (χ1v) is 4.88. The van der Waals surface area contributed by atoms with Crippen molar-refractivity contribution in [1.29, 1.82) is 0 Å². The molecule has 4 nitrogen and oxygen atoms in total. The summed E-state index contributed by atoms with van der Waals surface area (Å²) in [6.07, 6.45) is 0.557. The van der Waals surface area contributed by atoms with Gasteiger partial charge in [-0.15, -0.1) is 0 Å². The zero-order valence-electron chi connectivity index (χ0n) is 9.14. The monoisotopic (exact) mass is 207 g/mol. The Bertz CT molecular complexity index is 349. The van der Waals surface area contributed by atoms with Crippen LogP contribution in [-0.4, -0.2) is 24.6 Å². The number of nitrogens with zero attached hydrogens (tertiary/aromatic N) is 2. The predicted octanol–water partition coefficient (Wildman–Crippen LogP) is 1.57. The fourth-order valence-corrected chi connectivity index (χ4v) is 1.44. The third-order valence-electron chi connectivity index (χ3n) is 2.36. The van der Waals surface area contributed by atoms with Crippen molar-refractivity contribution in [2.75, 3.05) is 18.5 Å². The fraction of sp³-hybridized carbons (Fsp3) is 0.364. The van der Waals surface area contributed by atoms with E-state index in [0.717, 1.165) is 6.54 Å². The van der Waals surface area contributed by atoms with Gasteiger partial charge >= 0.3 is 0 Å². The first-order chi connectivity index (χ1) is 7.15. The van der Waals surface area contributed by atoms with Crippen molar-refractivity contribution in [3.8, 4) is 0 Å². The lowest BCUT2D eigenvalue weighted by molar-refractivity contribution is 0.317. The molecule has 15 heavy (non-hydrogen) atoms. The molecule has 0 aliphatic heterocycles. The Balaban J connectivity index is 2.61. The second-order valence-corrected chi connectivity index (χ2v) is 3.55. The molecule has 0 spiro atoms. The number of oxime groups is 1. The predicted molar refractivity (Wildman–Crippen MR) is 62.5 cm³/mol. The van der Waals surface area contributed by atoms with Gasteiger partial charge in [0, 0.05) is 25.7 Å². The van der Waals surface area contributed by atoms with E-state index < -0.39 is 0 Å². The van der Waals surface area contributed by atoms with E-state index in [1.165, 1.54) is 11.3 Å². The molecule has 0 bridgehead atoms. The normalized spacial score (nSPS) is 11.5. The Labute approximate surface area is 90.0 Å². The highest BCUT2D eigenvalue weighted by molar-refractivity contribution is 5.80. The van der Waals surface area contributed by atoms with Gasteiger partial charge < -0.3 is 15.8 Å². The minimum absolute atomic E-state index is 0.260. The molecule has 0 saturated carbocycles. The lowest BCUT2D eigenvalue weighted by Gasteiger charge is -2.20. The lowest BCUT2D eigenvalue weighted by atomic mass is 10.2. The maximum atomic E-state index is 8.42.